The molecular weight excluding hydrogens is 410 g/mol. The van der Waals surface area contributed by atoms with Crippen molar-refractivity contribution in [3.63, 3.8) is 0 Å². The molecule has 1 aliphatic heterocycles. The standard InChI is InChI=1S/C29H33NO3/c1-32-29(31)27-14-12-23(13-15-27)16-19-30-20-17-24(18-21-30)22-33-28(25-8-4-2-5-9-25)26-10-6-3-7-11-26/h2-15,24,28H,16-22H2,1H3. The minimum absolute atomic E-state index is 0.0154. The van der Waals surface area contributed by atoms with E-state index in [-0.39, 0.29) is 12.1 Å². The molecule has 1 heterocycles. The number of methoxy groups -OCH3 is 1. The highest BCUT2D eigenvalue weighted by Gasteiger charge is 2.22. The smallest absolute Gasteiger partial charge is 0.337 e. The van der Waals surface area contributed by atoms with Gasteiger partial charge in [0.15, 0.2) is 0 Å². The Bertz CT molecular complexity index is 941. The molecule has 0 radical (unpaired) electrons. The topological polar surface area (TPSA) is 38.8 Å². The molecule has 0 N–H and O–H groups in total. The molecule has 4 rings (SSSR count). The summed E-state index contributed by atoms with van der Waals surface area (Å²) >= 11 is 0. The average molecular weight is 444 g/mol. The van der Waals surface area contributed by atoms with Crippen molar-refractivity contribution in [3.8, 4) is 0 Å². The third-order valence-corrected chi connectivity index (χ3v) is 6.50. The third kappa shape index (κ3) is 6.53. The van der Waals surface area contributed by atoms with Gasteiger partial charge < -0.3 is 14.4 Å². The predicted molar refractivity (Wildman–Crippen MR) is 131 cm³/mol. The van der Waals surface area contributed by atoms with Gasteiger partial charge in [0.05, 0.1) is 19.3 Å². The summed E-state index contributed by atoms with van der Waals surface area (Å²) in [6.07, 6.45) is 3.31. The lowest BCUT2D eigenvalue weighted by Crippen LogP contribution is -2.36. The van der Waals surface area contributed by atoms with Crippen molar-refractivity contribution in [2.24, 2.45) is 5.92 Å². The van der Waals surface area contributed by atoms with Gasteiger partial charge in [0.2, 0.25) is 0 Å². The molecule has 4 heteroatoms. The van der Waals surface area contributed by atoms with E-state index in [0.29, 0.717) is 11.5 Å². The first-order valence-electron chi connectivity index (χ1n) is 11.8. The van der Waals surface area contributed by atoms with Crippen molar-refractivity contribution in [1.82, 2.24) is 4.90 Å². The van der Waals surface area contributed by atoms with E-state index in [0.717, 1.165) is 45.5 Å². The number of benzene rings is 3. The Morgan fingerprint density at radius 3 is 2.00 bits per heavy atom. The number of ether oxygens (including phenoxy) is 2. The van der Waals surface area contributed by atoms with Gasteiger partial charge in [-0.2, -0.15) is 0 Å². The van der Waals surface area contributed by atoms with Crippen molar-refractivity contribution in [3.05, 3.63) is 107 Å². The van der Waals surface area contributed by atoms with Gasteiger partial charge in [-0.3, -0.25) is 0 Å². The fourth-order valence-electron chi connectivity index (χ4n) is 4.46. The molecule has 1 aliphatic rings. The van der Waals surface area contributed by atoms with Crippen LogP contribution in [0.15, 0.2) is 84.9 Å². The number of nitrogens with zero attached hydrogens (tertiary/aromatic N) is 1. The molecule has 0 aliphatic carbocycles. The Hall–Kier alpha value is -2.95. The first kappa shape index (κ1) is 23.2. The number of carbonyl (C=O) groups excluding carboxylic acids is 1. The fourth-order valence-corrected chi connectivity index (χ4v) is 4.46. The van der Waals surface area contributed by atoms with Gasteiger partial charge in [-0.15, -0.1) is 0 Å². The lowest BCUT2D eigenvalue weighted by molar-refractivity contribution is 0.0311. The lowest BCUT2D eigenvalue weighted by Gasteiger charge is -2.32. The summed E-state index contributed by atoms with van der Waals surface area (Å²) in [5, 5.41) is 0. The van der Waals surface area contributed by atoms with Crippen molar-refractivity contribution in [1.29, 1.82) is 0 Å². The second kappa shape index (κ2) is 11.8. The molecule has 1 saturated heterocycles. The van der Waals surface area contributed by atoms with E-state index in [1.165, 1.54) is 23.8 Å². The second-order valence-corrected chi connectivity index (χ2v) is 8.76. The molecule has 1 fully saturated rings. The molecule has 0 saturated carbocycles. The predicted octanol–water partition coefficient (Wildman–Crippen LogP) is 5.53. The van der Waals surface area contributed by atoms with Crippen LogP contribution in [0.5, 0.6) is 0 Å². The van der Waals surface area contributed by atoms with E-state index in [1.807, 2.05) is 24.3 Å². The summed E-state index contributed by atoms with van der Waals surface area (Å²) < 4.78 is 11.3. The quantitative estimate of drug-likeness (QED) is 0.408. The Morgan fingerprint density at radius 2 is 1.45 bits per heavy atom. The minimum Gasteiger partial charge on any atom is -0.465 e. The number of carbonyl (C=O) groups is 1. The van der Waals surface area contributed by atoms with Crippen LogP contribution < -0.4 is 0 Å². The Labute approximate surface area is 197 Å². The van der Waals surface area contributed by atoms with E-state index >= 15 is 0 Å². The SMILES string of the molecule is COC(=O)c1ccc(CCN2CCC(COC(c3ccccc3)c3ccccc3)CC2)cc1. The van der Waals surface area contributed by atoms with Gasteiger partial charge in [0.25, 0.3) is 0 Å². The highest BCUT2D eigenvalue weighted by Crippen LogP contribution is 2.28. The first-order valence-corrected chi connectivity index (χ1v) is 11.8. The number of piperidine rings is 1. The number of hydrogen-bond acceptors (Lipinski definition) is 4. The van der Waals surface area contributed by atoms with Gasteiger partial charge in [-0.25, -0.2) is 4.79 Å². The molecule has 4 nitrogen and oxygen atoms in total. The van der Waals surface area contributed by atoms with Gasteiger partial charge in [0.1, 0.15) is 6.10 Å². The van der Waals surface area contributed by atoms with Crippen LogP contribution in [0.2, 0.25) is 0 Å². The van der Waals surface area contributed by atoms with Crippen LogP contribution in [-0.2, 0) is 15.9 Å². The number of hydrogen-bond donors (Lipinski definition) is 0. The zero-order valence-corrected chi connectivity index (χ0v) is 19.4. The van der Waals surface area contributed by atoms with Crippen LogP contribution >= 0.6 is 0 Å². The van der Waals surface area contributed by atoms with Crippen LogP contribution in [0.25, 0.3) is 0 Å². The molecular formula is C29H33NO3. The normalized spacial score (nSPS) is 15.0. The molecule has 3 aromatic rings. The molecule has 33 heavy (non-hydrogen) atoms. The van der Waals surface area contributed by atoms with Crippen molar-refractivity contribution < 1.29 is 14.3 Å². The molecule has 0 atom stereocenters. The maximum Gasteiger partial charge on any atom is 0.337 e. The van der Waals surface area contributed by atoms with Crippen molar-refractivity contribution >= 4 is 5.97 Å². The van der Waals surface area contributed by atoms with Crippen LogP contribution in [0, 0.1) is 5.92 Å². The molecule has 0 amide bonds. The summed E-state index contributed by atoms with van der Waals surface area (Å²) in [7, 11) is 1.41. The highest BCUT2D eigenvalue weighted by atomic mass is 16.5. The van der Waals surface area contributed by atoms with Crippen LogP contribution in [0.4, 0.5) is 0 Å². The zero-order valence-electron chi connectivity index (χ0n) is 19.4. The lowest BCUT2D eigenvalue weighted by atomic mass is 9.96. The molecule has 0 bridgehead atoms. The largest absolute Gasteiger partial charge is 0.465 e. The van der Waals surface area contributed by atoms with E-state index in [1.54, 1.807) is 0 Å². The number of esters is 1. The van der Waals surface area contributed by atoms with Crippen molar-refractivity contribution in [2.45, 2.75) is 25.4 Å². The van der Waals surface area contributed by atoms with Crippen LogP contribution in [0.1, 0.15) is 46.0 Å². The van der Waals surface area contributed by atoms with Crippen molar-refractivity contribution in [2.75, 3.05) is 33.4 Å². The molecule has 0 unspecified atom stereocenters. The average Bonchev–Trinajstić information content (AvgIpc) is 2.89. The molecule has 172 valence electrons. The zero-order chi connectivity index (χ0) is 22.9. The summed E-state index contributed by atoms with van der Waals surface area (Å²) in [4.78, 5) is 14.1. The van der Waals surface area contributed by atoms with E-state index in [4.69, 9.17) is 9.47 Å². The molecule has 0 aromatic heterocycles. The van der Waals surface area contributed by atoms with E-state index in [9.17, 15) is 4.79 Å². The van der Waals surface area contributed by atoms with Crippen LogP contribution in [0.3, 0.4) is 0 Å². The van der Waals surface area contributed by atoms with Gasteiger partial charge in [-0.1, -0.05) is 72.8 Å². The first-order chi connectivity index (χ1) is 16.2. The summed E-state index contributed by atoms with van der Waals surface area (Å²) in [5.41, 5.74) is 4.27. The van der Waals surface area contributed by atoms with E-state index in [2.05, 4.69) is 65.6 Å². The summed E-state index contributed by atoms with van der Waals surface area (Å²) in [6, 6.07) is 28.8. The number of likely N-dealkylation sites (tertiary alicyclic amines) is 1. The fraction of sp³-hybridized carbons (Fsp3) is 0.345. The maximum absolute atomic E-state index is 11.6. The minimum atomic E-state index is -0.285. The summed E-state index contributed by atoms with van der Waals surface area (Å²) in [5.74, 6) is 0.308. The molecule has 3 aromatic carbocycles. The Morgan fingerprint density at radius 1 is 0.879 bits per heavy atom. The molecule has 0 spiro atoms. The van der Waals surface area contributed by atoms with E-state index < -0.39 is 0 Å². The number of rotatable bonds is 9. The van der Waals surface area contributed by atoms with Crippen LogP contribution in [-0.4, -0.2) is 44.2 Å². The highest BCUT2D eigenvalue weighted by molar-refractivity contribution is 5.89. The monoisotopic (exact) mass is 443 g/mol. The van der Waals surface area contributed by atoms with Gasteiger partial charge in [-0.05, 0) is 67.1 Å². The van der Waals surface area contributed by atoms with Gasteiger partial charge >= 0.3 is 5.97 Å². The maximum atomic E-state index is 11.6. The second-order valence-electron chi connectivity index (χ2n) is 8.76. The Balaban J connectivity index is 1.24. The Kier molecular flexibility index (Phi) is 8.29. The van der Waals surface area contributed by atoms with Gasteiger partial charge in [0, 0.05) is 6.54 Å². The third-order valence-electron chi connectivity index (χ3n) is 6.50. The summed E-state index contributed by atoms with van der Waals surface area (Å²) in [6.45, 7) is 4.05.